The lowest BCUT2D eigenvalue weighted by atomic mass is 10.0. The van der Waals surface area contributed by atoms with E-state index in [1.165, 1.54) is 48.8 Å². The van der Waals surface area contributed by atoms with Crippen LogP contribution in [0.15, 0.2) is 190 Å². The van der Waals surface area contributed by atoms with Crippen LogP contribution in [0.4, 0.5) is 59.2 Å². The Hall–Kier alpha value is -17.0. The van der Waals surface area contributed by atoms with Crippen molar-refractivity contribution in [1.82, 2.24) is 115 Å². The van der Waals surface area contributed by atoms with Gasteiger partial charge < -0.3 is 86.2 Å². The Morgan fingerprint density at radius 2 is 0.671 bits per heavy atom. The Labute approximate surface area is 855 Å². The van der Waals surface area contributed by atoms with Gasteiger partial charge in [-0.3, -0.25) is 38.4 Å². The molecule has 20 rings (SSSR count). The van der Waals surface area contributed by atoms with Crippen molar-refractivity contribution in [2.75, 3.05) is 114 Å². The van der Waals surface area contributed by atoms with Crippen molar-refractivity contribution in [3.63, 3.8) is 0 Å². The van der Waals surface area contributed by atoms with Crippen molar-refractivity contribution in [3.8, 4) is 57.1 Å². The highest BCUT2D eigenvalue weighted by molar-refractivity contribution is 6.47. The molecule has 37 nitrogen and oxygen atoms in total. The molecule has 40 heteroatoms. The van der Waals surface area contributed by atoms with Gasteiger partial charge in [-0.15, -0.1) is 0 Å². The first-order valence-electron chi connectivity index (χ1n) is 49.4. The number of benzene rings is 4. The number of nitrogens with one attached hydrogen (secondary N) is 11. The molecule has 149 heavy (non-hydrogen) atoms. The van der Waals surface area contributed by atoms with Crippen molar-refractivity contribution in [3.05, 3.63) is 252 Å². The molecule has 4 amide bonds. The van der Waals surface area contributed by atoms with Gasteiger partial charge in [-0.05, 0) is 172 Å². The second-order valence-corrected chi connectivity index (χ2v) is 37.7. The van der Waals surface area contributed by atoms with Crippen LogP contribution in [-0.4, -0.2) is 251 Å². The molecule has 2 atom stereocenters. The smallest absolute Gasteiger partial charge is 0.295 e. The van der Waals surface area contributed by atoms with E-state index in [0.29, 0.717) is 220 Å². The van der Waals surface area contributed by atoms with Crippen molar-refractivity contribution in [2.24, 2.45) is 0 Å². The summed E-state index contributed by atoms with van der Waals surface area (Å²) in [6.07, 6.45) is 22.6. The molecule has 0 radical (unpaired) electrons. The number of aromatic amines is 4. The Kier molecular flexibility index (Phi) is 32.0. The highest BCUT2D eigenvalue weighted by Crippen LogP contribution is 2.41. The Morgan fingerprint density at radius 1 is 0.356 bits per heavy atom. The first-order valence-corrected chi connectivity index (χ1v) is 49.4. The van der Waals surface area contributed by atoms with Crippen LogP contribution in [0.25, 0.3) is 89.7 Å². The molecule has 2 unspecified atom stereocenters. The molecular formula is C109H114F3N27O10. The number of piperazine rings is 3. The normalized spacial score (nSPS) is 14.7. The van der Waals surface area contributed by atoms with Gasteiger partial charge in [0.25, 0.3) is 46.8 Å². The van der Waals surface area contributed by atoms with E-state index in [1.54, 1.807) is 163 Å². The number of ketones is 4. The predicted octanol–water partition coefficient (Wildman–Crippen LogP) is 16.8. The minimum absolute atomic E-state index is 0.0781. The molecule has 12 aromatic heterocycles. The fourth-order valence-electron chi connectivity index (χ4n) is 18.1. The Bertz CT molecular complexity index is 7670. The minimum Gasteiger partial charge on any atom is -0.493 e. The van der Waals surface area contributed by atoms with Crippen LogP contribution in [0.1, 0.15) is 176 Å². The van der Waals surface area contributed by atoms with Gasteiger partial charge in [0.05, 0.1) is 80.8 Å². The molecule has 0 spiro atoms. The molecule has 11 N–H and O–H groups in total. The predicted molar refractivity (Wildman–Crippen MR) is 562 cm³/mol. The van der Waals surface area contributed by atoms with Gasteiger partial charge >= 0.3 is 0 Å². The van der Waals surface area contributed by atoms with Crippen molar-refractivity contribution in [2.45, 2.75) is 124 Å². The molecule has 16 heterocycles. The van der Waals surface area contributed by atoms with Crippen LogP contribution < -0.4 is 46.7 Å². The number of piperidine rings is 1. The summed E-state index contributed by atoms with van der Waals surface area (Å²) >= 11 is 0. The van der Waals surface area contributed by atoms with Gasteiger partial charge in [0, 0.05) is 209 Å². The number of hydrogen-bond acceptors (Lipinski definition) is 29. The number of pyridine rings is 4. The summed E-state index contributed by atoms with van der Waals surface area (Å²) in [5, 5.41) is 25.3. The number of Topliss-reactive ketones (excluding diaryl/α,β-unsaturated/α-hetero) is 4. The number of methoxy groups -OCH3 is 2. The van der Waals surface area contributed by atoms with Gasteiger partial charge in [0.15, 0.2) is 34.8 Å². The van der Waals surface area contributed by atoms with E-state index in [2.05, 4.69) is 111 Å². The summed E-state index contributed by atoms with van der Waals surface area (Å²) in [6, 6.07) is 30.5. The molecule has 0 bridgehead atoms. The van der Waals surface area contributed by atoms with Crippen LogP contribution in [0, 0.1) is 17.5 Å². The van der Waals surface area contributed by atoms with E-state index < -0.39 is 46.8 Å². The average molecular weight is 2020 g/mol. The number of likely N-dealkylation sites (tertiary alicyclic amines) is 1. The molecule has 4 fully saturated rings. The number of amides is 4. The number of fused-ring (bicyclic) bond motifs is 4. The highest BCUT2D eigenvalue weighted by Gasteiger charge is 2.36. The number of H-pyrrole nitrogens is 4. The third-order valence-electron chi connectivity index (χ3n) is 26.2. The number of anilines is 8. The fourth-order valence-corrected chi connectivity index (χ4v) is 18.1. The summed E-state index contributed by atoms with van der Waals surface area (Å²) < 4.78 is 51.1. The lowest BCUT2D eigenvalue weighted by Crippen LogP contribution is -2.54. The maximum absolute atomic E-state index is 13.4. The quantitative estimate of drug-likeness (QED) is 0.0177. The van der Waals surface area contributed by atoms with Crippen LogP contribution in [-0.2, 0) is 19.2 Å². The van der Waals surface area contributed by atoms with Gasteiger partial charge in [0.1, 0.15) is 63.3 Å². The van der Waals surface area contributed by atoms with Crippen LogP contribution in [0.5, 0.6) is 11.5 Å². The monoisotopic (exact) mass is 2020 g/mol. The number of carbonyl (C=O) groups is 8. The number of ether oxygens (including phenoxy) is 2. The van der Waals surface area contributed by atoms with E-state index in [-0.39, 0.29) is 75.5 Å². The molecule has 4 aliphatic rings. The second-order valence-electron chi connectivity index (χ2n) is 37.7. The Balaban J connectivity index is 0.000000135. The third-order valence-corrected chi connectivity index (χ3v) is 26.2. The topological polar surface area (TPSA) is 470 Å². The van der Waals surface area contributed by atoms with E-state index >= 15 is 0 Å². The molecule has 16 aromatic rings. The first kappa shape index (κ1) is 103. The number of carbonyl (C=O) groups excluding carboxylic acids is 8. The summed E-state index contributed by atoms with van der Waals surface area (Å²) in [4.78, 5) is 178. The molecule has 4 aliphatic heterocycles. The average Bonchev–Trinajstić information content (AvgIpc) is 1.63. The lowest BCUT2D eigenvalue weighted by Gasteiger charge is -2.33. The van der Waals surface area contributed by atoms with Crippen molar-refractivity contribution < 1.29 is 61.0 Å². The highest BCUT2D eigenvalue weighted by atomic mass is 19.1. The van der Waals surface area contributed by atoms with Crippen molar-refractivity contribution in [1.29, 1.82) is 0 Å². The molecule has 0 saturated carbocycles. The van der Waals surface area contributed by atoms with E-state index in [0.717, 1.165) is 47.1 Å². The molecular weight excluding hydrogens is 1900 g/mol. The van der Waals surface area contributed by atoms with E-state index in [9.17, 15) is 51.5 Å². The third kappa shape index (κ3) is 23.1. The number of aromatic nitrogens is 16. The standard InChI is InChI=1S/C28H31N7O4.2C27H28FN7O2.C27H27FN6O2/c1-16(2)18-14-31-25(17-5-6-21(38-3)22(13-17)39-4)34-26(18)33-20-7-8-30-27-23(20)19(15-32-27)24(36)28(37)35-11-9-29-10-12-35;1-15(2)19-12-31-24(17-4-6-18(28)7-5-17)34-25(19)33-21-8-9-30-26-22(21)20(13-32-26)23(36)27(37)35-11-10-29-16(3)14-35;1-15(2)19-13-31-24(17-4-6-18(28)7-5-17)34-25(19)33-21-8-9-30-26-22(21)20(14-32-26)23(36)27(37)35-11-10-29-12-16(35)3;1-16(2)19-14-30-24(17-6-8-18(28)9-7-17)33-25(19)32-21-10-11-29-26-22(21)20(15-31-26)23(35)27(36)34-12-4-3-5-13-34/h5-8,13-16,29H,9-12H2,1-4H3,(H2,30,31,32,33,34);4-9,12-13,15-16,29H,10-11,14H2,1-3H3,(H2,30,31,32,33,34);4-9,13-16,29H,10-12H2,1-3H3,(H2,30,31,32,33,34);6-11,14-16H,3-5,12-13H2,1-2H3,(H2,29,30,31,32,33). The van der Waals surface area contributed by atoms with Gasteiger partial charge in [0.2, 0.25) is 0 Å². The maximum Gasteiger partial charge on any atom is 0.295 e. The summed E-state index contributed by atoms with van der Waals surface area (Å²) in [5.74, 6) is 0.281. The summed E-state index contributed by atoms with van der Waals surface area (Å²) in [5.41, 5.74) is 11.7. The zero-order valence-electron chi connectivity index (χ0n) is 84.3. The SMILES string of the molecule is CC(C)c1cnc(-c2ccc(F)cc2)nc1Nc1ccnc2[nH]cc(C(=O)C(=O)N3CCCCC3)c12.CC(C)c1cnc(-c2ccc(F)cc2)nc1Nc1ccnc2[nH]cc(C(=O)C(=O)N3CCNCC3C)c12.CC1CN(C(=O)C(=O)c2c[nH]c3nccc(Nc4nc(-c5ccc(F)cc5)ncc4C(C)C)c23)CCN1.COc1ccc(-c2ncc(C(C)C)c(Nc3ccnc4[nH]cc(C(=O)C(=O)N5CCNCC5)c34)n2)cc1OC. The number of hydrogen-bond donors (Lipinski definition) is 11. The molecule has 0 aliphatic carbocycles. The van der Waals surface area contributed by atoms with Crippen molar-refractivity contribution >= 4 is 137 Å². The zero-order chi connectivity index (χ0) is 105. The summed E-state index contributed by atoms with van der Waals surface area (Å²) in [6.45, 7) is 27.1. The maximum atomic E-state index is 13.4. The lowest BCUT2D eigenvalue weighted by molar-refractivity contribution is -0.129. The van der Waals surface area contributed by atoms with Gasteiger partial charge in [-0.1, -0.05) is 55.4 Å². The number of rotatable bonds is 26. The van der Waals surface area contributed by atoms with Crippen LogP contribution in [0.3, 0.4) is 0 Å². The van der Waals surface area contributed by atoms with E-state index in [4.69, 9.17) is 29.4 Å². The first-order chi connectivity index (χ1) is 72.0. The number of nitrogens with zero attached hydrogens (tertiary/aromatic N) is 16. The molecule has 4 saturated heterocycles. The summed E-state index contributed by atoms with van der Waals surface area (Å²) in [7, 11) is 3.16. The van der Waals surface area contributed by atoms with E-state index in [1.807, 2.05) is 67.5 Å². The number of halogens is 3. The van der Waals surface area contributed by atoms with Gasteiger partial charge in [-0.2, -0.15) is 0 Å². The second kappa shape index (κ2) is 46.2. The van der Waals surface area contributed by atoms with Crippen LogP contribution in [0.2, 0.25) is 0 Å². The molecule has 766 valence electrons. The van der Waals surface area contributed by atoms with Gasteiger partial charge in [-0.25, -0.2) is 73.0 Å². The zero-order valence-corrected chi connectivity index (χ0v) is 84.3. The largest absolute Gasteiger partial charge is 0.493 e. The molecule has 4 aromatic carbocycles. The van der Waals surface area contributed by atoms with Crippen LogP contribution >= 0.6 is 0 Å². The minimum atomic E-state index is -0.588. The fraction of sp³-hybridized carbons (Fsp3) is 0.303. The Morgan fingerprint density at radius 3 is 1.01 bits per heavy atom.